The first-order chi connectivity index (χ1) is 8.34. The van der Waals surface area contributed by atoms with E-state index in [-0.39, 0.29) is 5.38 Å². The summed E-state index contributed by atoms with van der Waals surface area (Å²) < 4.78 is 0. The topological polar surface area (TPSA) is 15.7 Å². The Morgan fingerprint density at radius 3 is 2.71 bits per heavy atom. The van der Waals surface area contributed by atoms with Gasteiger partial charge in [-0.25, -0.2) is 0 Å². The summed E-state index contributed by atoms with van der Waals surface area (Å²) in [5.41, 5.74) is 0. The minimum absolute atomic E-state index is 0.0763. The summed E-state index contributed by atoms with van der Waals surface area (Å²) in [5.74, 6) is 0. The molecule has 1 unspecified atom stereocenters. The highest BCUT2D eigenvalue weighted by Gasteiger charge is 2.15. The highest BCUT2D eigenvalue weighted by molar-refractivity contribution is 6.20. The Hall–Kier alpha value is -0.510. The molecule has 0 aromatic carbocycles. The molecule has 0 aliphatic carbocycles. The Morgan fingerprint density at radius 1 is 1.18 bits per heavy atom. The average Bonchev–Trinajstić information content (AvgIpc) is 2.39. The SMILES string of the molecule is ClC(CON1C=CC=CC1)CN1CCCCC1. The molecule has 0 radical (unpaired) electrons. The van der Waals surface area contributed by atoms with Crippen LogP contribution >= 0.6 is 11.6 Å². The molecule has 2 heterocycles. The Morgan fingerprint density at radius 2 is 2.00 bits per heavy atom. The van der Waals surface area contributed by atoms with Crippen LogP contribution in [0.15, 0.2) is 24.4 Å². The van der Waals surface area contributed by atoms with Gasteiger partial charge in [-0.1, -0.05) is 18.6 Å². The second kappa shape index (κ2) is 7.04. The van der Waals surface area contributed by atoms with Gasteiger partial charge in [0, 0.05) is 12.7 Å². The number of halogens is 1. The molecule has 2 rings (SSSR count). The first kappa shape index (κ1) is 12.9. The van der Waals surface area contributed by atoms with Crippen LogP contribution in [-0.2, 0) is 4.84 Å². The molecule has 0 N–H and O–H groups in total. The van der Waals surface area contributed by atoms with Crippen molar-refractivity contribution in [3.8, 4) is 0 Å². The van der Waals surface area contributed by atoms with Crippen LogP contribution in [0.2, 0.25) is 0 Å². The van der Waals surface area contributed by atoms with Crippen LogP contribution in [0, 0.1) is 0 Å². The lowest BCUT2D eigenvalue weighted by molar-refractivity contribution is -0.114. The lowest BCUT2D eigenvalue weighted by Crippen LogP contribution is -2.37. The number of hydrogen-bond acceptors (Lipinski definition) is 3. The molecule has 0 spiro atoms. The van der Waals surface area contributed by atoms with Crippen LogP contribution in [0.3, 0.4) is 0 Å². The first-order valence-corrected chi connectivity index (χ1v) is 6.87. The highest BCUT2D eigenvalue weighted by atomic mass is 35.5. The van der Waals surface area contributed by atoms with Crippen molar-refractivity contribution < 1.29 is 4.84 Å². The van der Waals surface area contributed by atoms with Gasteiger partial charge < -0.3 is 4.90 Å². The zero-order chi connectivity index (χ0) is 11.9. The molecular weight excluding hydrogens is 236 g/mol. The van der Waals surface area contributed by atoms with Crippen LogP contribution in [0.5, 0.6) is 0 Å². The third-order valence-electron chi connectivity index (χ3n) is 3.11. The molecule has 0 bridgehead atoms. The summed E-state index contributed by atoms with van der Waals surface area (Å²) in [6.45, 7) is 4.71. The van der Waals surface area contributed by atoms with Crippen LogP contribution in [0.25, 0.3) is 0 Å². The van der Waals surface area contributed by atoms with Crippen LogP contribution in [0.4, 0.5) is 0 Å². The van der Waals surface area contributed by atoms with Gasteiger partial charge in [0.15, 0.2) is 0 Å². The minimum Gasteiger partial charge on any atom is -0.302 e. The summed E-state index contributed by atoms with van der Waals surface area (Å²) in [5, 5.41) is 1.90. The van der Waals surface area contributed by atoms with E-state index in [1.165, 1.54) is 32.4 Å². The third kappa shape index (κ3) is 4.70. The maximum absolute atomic E-state index is 6.30. The Balaban J connectivity index is 1.61. The van der Waals surface area contributed by atoms with E-state index in [9.17, 15) is 0 Å². The van der Waals surface area contributed by atoms with Crippen molar-refractivity contribution in [1.82, 2.24) is 9.96 Å². The predicted molar refractivity (Wildman–Crippen MR) is 70.9 cm³/mol. The van der Waals surface area contributed by atoms with E-state index in [0.29, 0.717) is 6.61 Å². The third-order valence-corrected chi connectivity index (χ3v) is 3.38. The van der Waals surface area contributed by atoms with Crippen molar-refractivity contribution in [1.29, 1.82) is 0 Å². The first-order valence-electron chi connectivity index (χ1n) is 6.44. The van der Waals surface area contributed by atoms with Gasteiger partial charge in [-0.15, -0.1) is 11.6 Å². The zero-order valence-electron chi connectivity index (χ0n) is 10.2. The molecule has 0 aromatic rings. The molecule has 4 heteroatoms. The Labute approximate surface area is 109 Å². The monoisotopic (exact) mass is 256 g/mol. The van der Waals surface area contributed by atoms with Crippen molar-refractivity contribution in [3.63, 3.8) is 0 Å². The van der Waals surface area contributed by atoms with E-state index in [0.717, 1.165) is 13.1 Å². The second-order valence-corrected chi connectivity index (χ2v) is 5.24. The molecule has 2 aliphatic heterocycles. The number of alkyl halides is 1. The normalized spacial score (nSPS) is 23.0. The molecule has 1 fully saturated rings. The number of nitrogens with zero attached hydrogens (tertiary/aromatic N) is 2. The molecule has 17 heavy (non-hydrogen) atoms. The van der Waals surface area contributed by atoms with Crippen molar-refractivity contribution in [3.05, 3.63) is 24.4 Å². The number of rotatable bonds is 5. The number of piperidine rings is 1. The van der Waals surface area contributed by atoms with Crippen LogP contribution in [-0.4, -0.2) is 48.1 Å². The van der Waals surface area contributed by atoms with Gasteiger partial charge in [-0.2, -0.15) is 0 Å². The van der Waals surface area contributed by atoms with Gasteiger partial charge >= 0.3 is 0 Å². The van der Waals surface area contributed by atoms with Gasteiger partial charge in [-0.05, 0) is 32.0 Å². The average molecular weight is 257 g/mol. The van der Waals surface area contributed by atoms with Gasteiger partial charge in [0.1, 0.15) is 0 Å². The highest BCUT2D eigenvalue weighted by Crippen LogP contribution is 2.11. The maximum Gasteiger partial charge on any atom is 0.0924 e. The van der Waals surface area contributed by atoms with Crippen molar-refractivity contribution in [2.75, 3.05) is 32.8 Å². The standard InChI is InChI=1S/C13H21ClN2O/c14-13(11-15-7-3-1-4-8-15)12-17-16-9-5-2-6-10-16/h2,5-6,9,13H,1,3-4,7-8,10-12H2. The summed E-state index contributed by atoms with van der Waals surface area (Å²) in [7, 11) is 0. The van der Waals surface area contributed by atoms with E-state index < -0.39 is 0 Å². The summed E-state index contributed by atoms with van der Waals surface area (Å²) in [4.78, 5) is 8.06. The number of likely N-dealkylation sites (tertiary alicyclic amines) is 1. The fourth-order valence-corrected chi connectivity index (χ4v) is 2.45. The van der Waals surface area contributed by atoms with E-state index in [1.807, 2.05) is 23.4 Å². The summed E-state index contributed by atoms with van der Waals surface area (Å²) in [6, 6.07) is 0. The summed E-state index contributed by atoms with van der Waals surface area (Å²) >= 11 is 6.30. The predicted octanol–water partition coefficient (Wildman–Crippen LogP) is 2.40. The molecule has 0 saturated carbocycles. The molecule has 1 atom stereocenters. The van der Waals surface area contributed by atoms with E-state index in [1.54, 1.807) is 0 Å². The lowest BCUT2D eigenvalue weighted by atomic mass is 10.1. The van der Waals surface area contributed by atoms with Gasteiger partial charge in [0.25, 0.3) is 0 Å². The van der Waals surface area contributed by atoms with Gasteiger partial charge in [-0.3, -0.25) is 9.90 Å². The molecule has 96 valence electrons. The molecule has 2 aliphatic rings. The zero-order valence-corrected chi connectivity index (χ0v) is 11.0. The smallest absolute Gasteiger partial charge is 0.0924 e. The van der Waals surface area contributed by atoms with Crippen molar-refractivity contribution in [2.24, 2.45) is 0 Å². The Bertz CT molecular complexity index is 275. The molecule has 0 amide bonds. The summed E-state index contributed by atoms with van der Waals surface area (Å²) in [6.07, 6.45) is 12.0. The van der Waals surface area contributed by atoms with Crippen LogP contribution < -0.4 is 0 Å². The maximum atomic E-state index is 6.30. The van der Waals surface area contributed by atoms with Gasteiger partial charge in [0.05, 0.1) is 18.5 Å². The second-order valence-electron chi connectivity index (χ2n) is 4.62. The largest absolute Gasteiger partial charge is 0.302 e. The number of hydrogen-bond donors (Lipinski definition) is 0. The van der Waals surface area contributed by atoms with Gasteiger partial charge in [0.2, 0.25) is 0 Å². The minimum atomic E-state index is 0.0763. The molecule has 3 nitrogen and oxygen atoms in total. The fourth-order valence-electron chi connectivity index (χ4n) is 2.20. The molecule has 0 aromatic heterocycles. The molecule has 1 saturated heterocycles. The van der Waals surface area contributed by atoms with Crippen molar-refractivity contribution >= 4 is 11.6 Å². The number of hydroxylamine groups is 2. The van der Waals surface area contributed by atoms with Crippen molar-refractivity contribution in [2.45, 2.75) is 24.6 Å². The number of allylic oxidation sites excluding steroid dienone is 2. The van der Waals surface area contributed by atoms with E-state index >= 15 is 0 Å². The Kier molecular flexibility index (Phi) is 5.36. The molecular formula is C13H21ClN2O. The van der Waals surface area contributed by atoms with E-state index in [4.69, 9.17) is 16.4 Å². The lowest BCUT2D eigenvalue weighted by Gasteiger charge is -2.29. The van der Waals surface area contributed by atoms with Crippen LogP contribution in [0.1, 0.15) is 19.3 Å². The van der Waals surface area contributed by atoms with E-state index in [2.05, 4.69) is 11.0 Å². The fraction of sp³-hybridized carbons (Fsp3) is 0.692. The quantitative estimate of drug-likeness (QED) is 0.703.